The molecule has 0 saturated carbocycles. The highest BCUT2D eigenvalue weighted by Gasteiger charge is 2.17. The zero-order valence-corrected chi connectivity index (χ0v) is 8.23. The van der Waals surface area contributed by atoms with Gasteiger partial charge in [-0.3, -0.25) is 9.59 Å². The van der Waals surface area contributed by atoms with E-state index in [0.29, 0.717) is 0 Å². The average molecular weight is 216 g/mol. The van der Waals surface area contributed by atoms with Crippen molar-refractivity contribution in [1.82, 2.24) is 0 Å². The molecule has 0 saturated heterocycles. The Hall–Kier alpha value is -1.69. The van der Waals surface area contributed by atoms with Crippen molar-refractivity contribution in [2.75, 3.05) is 0 Å². The molecule has 6 heteroatoms. The molecule has 0 heterocycles. The Morgan fingerprint density at radius 1 is 1.40 bits per heavy atom. The van der Waals surface area contributed by atoms with E-state index < -0.39 is 30.4 Å². The Kier molecular flexibility index (Phi) is 5.25. The van der Waals surface area contributed by atoms with Gasteiger partial charge in [0.1, 0.15) is 0 Å². The number of carboxylic acid groups (broad SMARTS) is 1. The third kappa shape index (κ3) is 6.39. The van der Waals surface area contributed by atoms with E-state index in [0.717, 1.165) is 0 Å². The SMILES string of the molecule is C=C(CC(=O)O)C(=O)OC(=O)CC(C)O. The van der Waals surface area contributed by atoms with Gasteiger partial charge in [-0.05, 0) is 6.92 Å². The van der Waals surface area contributed by atoms with Gasteiger partial charge in [-0.1, -0.05) is 6.58 Å². The van der Waals surface area contributed by atoms with Crippen molar-refractivity contribution in [3.8, 4) is 0 Å². The van der Waals surface area contributed by atoms with Crippen LogP contribution in [0, 0.1) is 0 Å². The van der Waals surface area contributed by atoms with Crippen molar-refractivity contribution in [1.29, 1.82) is 0 Å². The molecule has 0 spiro atoms. The van der Waals surface area contributed by atoms with Crippen molar-refractivity contribution in [3.63, 3.8) is 0 Å². The van der Waals surface area contributed by atoms with Crippen LogP contribution in [-0.2, 0) is 19.1 Å². The maximum atomic E-state index is 11.0. The first-order chi connectivity index (χ1) is 6.82. The molecule has 1 unspecified atom stereocenters. The first-order valence-electron chi connectivity index (χ1n) is 4.15. The highest BCUT2D eigenvalue weighted by Crippen LogP contribution is 2.03. The molecule has 2 N–H and O–H groups in total. The summed E-state index contributed by atoms with van der Waals surface area (Å²) in [6.07, 6.45) is -1.83. The highest BCUT2D eigenvalue weighted by molar-refractivity contribution is 5.98. The van der Waals surface area contributed by atoms with Crippen molar-refractivity contribution in [2.45, 2.75) is 25.9 Å². The Balaban J connectivity index is 4.08. The van der Waals surface area contributed by atoms with Gasteiger partial charge in [0.15, 0.2) is 0 Å². The molecule has 6 nitrogen and oxygen atoms in total. The molecule has 0 radical (unpaired) electrons. The third-order valence-corrected chi connectivity index (χ3v) is 1.32. The van der Waals surface area contributed by atoms with Crippen LogP contribution in [0.25, 0.3) is 0 Å². The Morgan fingerprint density at radius 3 is 2.33 bits per heavy atom. The molecule has 15 heavy (non-hydrogen) atoms. The quantitative estimate of drug-likeness (QED) is 0.377. The molecular weight excluding hydrogens is 204 g/mol. The molecule has 0 aromatic carbocycles. The largest absolute Gasteiger partial charge is 0.481 e. The number of ether oxygens (including phenoxy) is 1. The number of aliphatic hydroxyl groups excluding tert-OH is 1. The van der Waals surface area contributed by atoms with Gasteiger partial charge in [-0.25, -0.2) is 4.79 Å². The average Bonchev–Trinajstić information content (AvgIpc) is 2.00. The second-order valence-corrected chi connectivity index (χ2v) is 2.99. The smallest absolute Gasteiger partial charge is 0.341 e. The second kappa shape index (κ2) is 5.92. The molecule has 0 aromatic heterocycles. The molecule has 0 aliphatic rings. The van der Waals surface area contributed by atoms with Crippen LogP contribution in [0.4, 0.5) is 0 Å². The number of carbonyl (C=O) groups excluding carboxylic acids is 2. The summed E-state index contributed by atoms with van der Waals surface area (Å²) < 4.78 is 4.22. The van der Waals surface area contributed by atoms with E-state index in [2.05, 4.69) is 11.3 Å². The molecular formula is C9H12O6. The van der Waals surface area contributed by atoms with Gasteiger partial charge >= 0.3 is 17.9 Å². The summed E-state index contributed by atoms with van der Waals surface area (Å²) in [6.45, 7) is 4.52. The van der Waals surface area contributed by atoms with Gasteiger partial charge in [0.05, 0.1) is 18.9 Å². The standard InChI is InChI=1S/C9H12O6/c1-5(3-7(11)12)9(14)15-8(13)4-6(2)10/h6,10H,1,3-4H2,2H3,(H,11,12). The van der Waals surface area contributed by atoms with Crippen LogP contribution >= 0.6 is 0 Å². The van der Waals surface area contributed by atoms with Crippen LogP contribution in [0.15, 0.2) is 12.2 Å². The van der Waals surface area contributed by atoms with Crippen LogP contribution < -0.4 is 0 Å². The van der Waals surface area contributed by atoms with E-state index in [1.54, 1.807) is 0 Å². The predicted octanol–water partition coefficient (Wildman–Crippen LogP) is -0.142. The highest BCUT2D eigenvalue weighted by atomic mass is 16.6. The van der Waals surface area contributed by atoms with Crippen LogP contribution in [-0.4, -0.2) is 34.2 Å². The first kappa shape index (κ1) is 13.3. The Morgan fingerprint density at radius 2 is 1.93 bits per heavy atom. The molecule has 0 amide bonds. The fourth-order valence-corrected chi connectivity index (χ4v) is 0.713. The zero-order chi connectivity index (χ0) is 12.0. The molecule has 0 bridgehead atoms. The number of hydrogen-bond acceptors (Lipinski definition) is 5. The summed E-state index contributed by atoms with van der Waals surface area (Å²) in [7, 11) is 0. The molecule has 0 aliphatic heterocycles. The number of rotatable bonds is 5. The monoisotopic (exact) mass is 216 g/mol. The molecule has 0 fully saturated rings. The Bertz CT molecular complexity index is 291. The van der Waals surface area contributed by atoms with Gasteiger partial charge in [-0.15, -0.1) is 0 Å². The number of aliphatic hydroxyl groups is 1. The van der Waals surface area contributed by atoms with Crippen LogP contribution in [0.3, 0.4) is 0 Å². The minimum absolute atomic E-state index is 0.318. The summed E-state index contributed by atoms with van der Waals surface area (Å²) in [5.74, 6) is -3.23. The lowest BCUT2D eigenvalue weighted by molar-refractivity contribution is -0.158. The normalized spacial score (nSPS) is 11.6. The fourth-order valence-electron chi connectivity index (χ4n) is 0.713. The minimum Gasteiger partial charge on any atom is -0.481 e. The first-order valence-corrected chi connectivity index (χ1v) is 4.15. The van der Waals surface area contributed by atoms with Gasteiger partial charge in [0, 0.05) is 5.57 Å². The van der Waals surface area contributed by atoms with Gasteiger partial charge in [-0.2, -0.15) is 0 Å². The zero-order valence-electron chi connectivity index (χ0n) is 8.23. The van der Waals surface area contributed by atoms with E-state index in [1.807, 2.05) is 0 Å². The number of carboxylic acids is 1. The van der Waals surface area contributed by atoms with E-state index >= 15 is 0 Å². The van der Waals surface area contributed by atoms with Gasteiger partial charge in [0.2, 0.25) is 0 Å². The van der Waals surface area contributed by atoms with E-state index in [9.17, 15) is 14.4 Å². The summed E-state index contributed by atoms with van der Waals surface area (Å²) >= 11 is 0. The van der Waals surface area contributed by atoms with Gasteiger partial charge in [0.25, 0.3) is 0 Å². The second-order valence-electron chi connectivity index (χ2n) is 2.99. The van der Waals surface area contributed by atoms with Crippen LogP contribution in [0.2, 0.25) is 0 Å². The maximum absolute atomic E-state index is 11.0. The lowest BCUT2D eigenvalue weighted by Gasteiger charge is -2.04. The summed E-state index contributed by atoms with van der Waals surface area (Å²) in [5, 5.41) is 17.1. The Labute approximate surface area is 86.2 Å². The summed E-state index contributed by atoms with van der Waals surface area (Å²) in [6, 6.07) is 0. The summed E-state index contributed by atoms with van der Waals surface area (Å²) in [5.41, 5.74) is -0.318. The van der Waals surface area contributed by atoms with Crippen molar-refractivity contribution < 1.29 is 29.3 Å². The van der Waals surface area contributed by atoms with Crippen LogP contribution in [0.1, 0.15) is 19.8 Å². The maximum Gasteiger partial charge on any atom is 0.341 e. The number of carbonyl (C=O) groups is 3. The topological polar surface area (TPSA) is 101 Å². The lowest BCUT2D eigenvalue weighted by Crippen LogP contribution is -2.18. The summed E-state index contributed by atoms with van der Waals surface area (Å²) in [4.78, 5) is 32.0. The van der Waals surface area contributed by atoms with E-state index in [4.69, 9.17) is 10.2 Å². The van der Waals surface area contributed by atoms with Crippen molar-refractivity contribution >= 4 is 17.9 Å². The number of aliphatic carboxylic acids is 1. The molecule has 0 rings (SSSR count). The molecule has 0 aliphatic carbocycles. The molecule has 0 aromatic rings. The van der Waals surface area contributed by atoms with E-state index in [1.165, 1.54) is 6.92 Å². The number of esters is 2. The number of hydrogen-bond donors (Lipinski definition) is 2. The minimum atomic E-state index is -1.24. The van der Waals surface area contributed by atoms with Crippen molar-refractivity contribution in [3.05, 3.63) is 12.2 Å². The van der Waals surface area contributed by atoms with Crippen molar-refractivity contribution in [2.24, 2.45) is 0 Å². The molecule has 84 valence electrons. The predicted molar refractivity (Wildman–Crippen MR) is 48.8 cm³/mol. The van der Waals surface area contributed by atoms with Crippen LogP contribution in [0.5, 0.6) is 0 Å². The fraction of sp³-hybridized carbons (Fsp3) is 0.444. The van der Waals surface area contributed by atoms with Gasteiger partial charge < -0.3 is 14.9 Å². The van der Waals surface area contributed by atoms with E-state index in [-0.39, 0.29) is 12.0 Å². The molecule has 1 atom stereocenters. The lowest BCUT2D eigenvalue weighted by atomic mass is 10.2. The third-order valence-electron chi connectivity index (χ3n) is 1.32.